The summed E-state index contributed by atoms with van der Waals surface area (Å²) in [7, 11) is -3.70. The summed E-state index contributed by atoms with van der Waals surface area (Å²) < 4.78 is 27.7. The van der Waals surface area contributed by atoms with Gasteiger partial charge in [-0.3, -0.25) is 0 Å². The fourth-order valence-electron chi connectivity index (χ4n) is 1.82. The van der Waals surface area contributed by atoms with Crippen molar-refractivity contribution in [3.63, 3.8) is 0 Å². The maximum absolute atomic E-state index is 12.2. The lowest BCUT2D eigenvalue weighted by Crippen LogP contribution is -2.36. The Morgan fingerprint density at radius 3 is 2.44 bits per heavy atom. The first-order chi connectivity index (χ1) is 8.40. The molecule has 1 aliphatic heterocycles. The third-order valence-corrected chi connectivity index (χ3v) is 5.51. The molecule has 0 saturated carbocycles. The highest BCUT2D eigenvalue weighted by Crippen LogP contribution is 2.32. The maximum atomic E-state index is 12.2. The second-order valence-corrected chi connectivity index (χ2v) is 7.39. The molecule has 18 heavy (non-hydrogen) atoms. The second-order valence-electron chi connectivity index (χ2n) is 4.01. The van der Waals surface area contributed by atoms with Crippen LogP contribution in [0.1, 0.15) is 6.42 Å². The Bertz CT molecular complexity index is 536. The summed E-state index contributed by atoms with van der Waals surface area (Å²) in [6.07, 6.45) is 0.755. The van der Waals surface area contributed by atoms with Crippen LogP contribution >= 0.6 is 39.1 Å². The number of benzene rings is 1. The third kappa shape index (κ3) is 3.18. The molecule has 0 bridgehead atoms. The van der Waals surface area contributed by atoms with Crippen LogP contribution in [-0.4, -0.2) is 27.5 Å². The summed E-state index contributed by atoms with van der Waals surface area (Å²) in [6.45, 7) is 1.42. The number of nitrogens with one attached hydrogen (secondary N) is 2. The van der Waals surface area contributed by atoms with Gasteiger partial charge in [-0.1, -0.05) is 39.1 Å². The van der Waals surface area contributed by atoms with E-state index in [9.17, 15) is 8.42 Å². The van der Waals surface area contributed by atoms with Gasteiger partial charge in [-0.15, -0.1) is 0 Å². The Morgan fingerprint density at radius 2 is 1.94 bits per heavy atom. The molecule has 0 spiro atoms. The average molecular weight is 374 g/mol. The van der Waals surface area contributed by atoms with Gasteiger partial charge >= 0.3 is 0 Å². The van der Waals surface area contributed by atoms with E-state index in [1.807, 2.05) is 0 Å². The molecule has 4 nitrogen and oxygen atoms in total. The van der Waals surface area contributed by atoms with Gasteiger partial charge < -0.3 is 5.32 Å². The van der Waals surface area contributed by atoms with Crippen molar-refractivity contribution in [2.45, 2.75) is 17.4 Å². The van der Waals surface area contributed by atoms with E-state index in [4.69, 9.17) is 23.2 Å². The van der Waals surface area contributed by atoms with Crippen molar-refractivity contribution in [3.8, 4) is 0 Å². The monoisotopic (exact) mass is 372 g/mol. The standard InChI is InChI=1S/C10H11BrCl2N2O2S/c11-6-3-8(12)10(9(13)4-6)18(16,17)15-7-1-2-14-5-7/h3-4,7,14-15H,1-2,5H2. The van der Waals surface area contributed by atoms with Gasteiger partial charge in [0.05, 0.1) is 10.0 Å². The van der Waals surface area contributed by atoms with Crippen LogP contribution in [0.15, 0.2) is 21.5 Å². The molecule has 2 rings (SSSR count). The summed E-state index contributed by atoms with van der Waals surface area (Å²) in [5, 5.41) is 3.29. The third-order valence-electron chi connectivity index (χ3n) is 2.61. The quantitative estimate of drug-likeness (QED) is 0.855. The molecule has 0 aromatic heterocycles. The Labute approximate surface area is 124 Å². The minimum absolute atomic E-state index is 0.0686. The predicted octanol–water partition coefficient (Wildman–Crippen LogP) is 2.40. The summed E-state index contributed by atoms with van der Waals surface area (Å²) >= 11 is 15.1. The van der Waals surface area contributed by atoms with Crippen LogP contribution in [0.3, 0.4) is 0 Å². The Balaban J connectivity index is 2.34. The molecule has 1 fully saturated rings. The van der Waals surface area contributed by atoms with Crippen LogP contribution < -0.4 is 10.0 Å². The highest BCUT2D eigenvalue weighted by molar-refractivity contribution is 9.10. The van der Waals surface area contributed by atoms with Crippen molar-refractivity contribution in [2.75, 3.05) is 13.1 Å². The lowest BCUT2D eigenvalue weighted by Gasteiger charge is -2.14. The fourth-order valence-corrected chi connectivity index (χ4v) is 5.03. The number of rotatable bonds is 3. The highest BCUT2D eigenvalue weighted by Gasteiger charge is 2.27. The van der Waals surface area contributed by atoms with E-state index in [0.717, 1.165) is 13.0 Å². The summed E-state index contributed by atoms with van der Waals surface area (Å²) in [5.74, 6) is 0. The number of sulfonamides is 1. The molecule has 1 atom stereocenters. The summed E-state index contributed by atoms with van der Waals surface area (Å²) in [4.78, 5) is -0.0686. The van der Waals surface area contributed by atoms with Gasteiger partial charge in [0.25, 0.3) is 0 Å². The van der Waals surface area contributed by atoms with E-state index in [1.165, 1.54) is 12.1 Å². The second kappa shape index (κ2) is 5.64. The number of hydrogen-bond donors (Lipinski definition) is 2. The van der Waals surface area contributed by atoms with Crippen molar-refractivity contribution in [1.82, 2.24) is 10.0 Å². The minimum Gasteiger partial charge on any atom is -0.315 e. The highest BCUT2D eigenvalue weighted by atomic mass is 79.9. The van der Waals surface area contributed by atoms with Crippen LogP contribution in [0.25, 0.3) is 0 Å². The Kier molecular flexibility index (Phi) is 4.57. The summed E-state index contributed by atoms with van der Waals surface area (Å²) in [5.41, 5.74) is 0. The number of hydrogen-bond acceptors (Lipinski definition) is 3. The molecule has 1 unspecified atom stereocenters. The molecular weight excluding hydrogens is 363 g/mol. The van der Waals surface area contributed by atoms with Crippen molar-refractivity contribution < 1.29 is 8.42 Å². The zero-order valence-corrected chi connectivity index (χ0v) is 13.1. The van der Waals surface area contributed by atoms with Crippen molar-refractivity contribution in [3.05, 3.63) is 26.7 Å². The van der Waals surface area contributed by atoms with Gasteiger partial charge in [0.15, 0.2) is 0 Å². The van der Waals surface area contributed by atoms with E-state index in [2.05, 4.69) is 26.0 Å². The largest absolute Gasteiger partial charge is 0.315 e. The van der Waals surface area contributed by atoms with E-state index >= 15 is 0 Å². The van der Waals surface area contributed by atoms with E-state index in [1.54, 1.807) is 0 Å². The van der Waals surface area contributed by atoms with Crippen molar-refractivity contribution >= 4 is 49.2 Å². The predicted molar refractivity (Wildman–Crippen MR) is 75.8 cm³/mol. The molecule has 1 aromatic rings. The van der Waals surface area contributed by atoms with Gasteiger partial charge in [0, 0.05) is 17.1 Å². The molecule has 1 heterocycles. The van der Waals surface area contributed by atoms with Crippen LogP contribution in [0.4, 0.5) is 0 Å². The minimum atomic E-state index is -3.70. The van der Waals surface area contributed by atoms with Gasteiger partial charge in [-0.25, -0.2) is 13.1 Å². The van der Waals surface area contributed by atoms with Crippen LogP contribution in [0.2, 0.25) is 10.0 Å². The van der Waals surface area contributed by atoms with Gasteiger partial charge in [0.1, 0.15) is 4.90 Å². The van der Waals surface area contributed by atoms with Crippen molar-refractivity contribution in [1.29, 1.82) is 0 Å². The maximum Gasteiger partial charge on any atom is 0.243 e. The van der Waals surface area contributed by atoms with Crippen molar-refractivity contribution in [2.24, 2.45) is 0 Å². The topological polar surface area (TPSA) is 58.2 Å². The SMILES string of the molecule is O=S(=O)(NC1CCNC1)c1c(Cl)cc(Br)cc1Cl. The van der Waals surface area contributed by atoms with Crippen LogP contribution in [-0.2, 0) is 10.0 Å². The van der Waals surface area contributed by atoms with E-state index < -0.39 is 10.0 Å². The zero-order valence-electron chi connectivity index (χ0n) is 9.21. The molecule has 0 radical (unpaired) electrons. The lowest BCUT2D eigenvalue weighted by atomic mass is 10.3. The first-order valence-corrected chi connectivity index (χ1v) is 8.31. The Morgan fingerprint density at radius 1 is 1.33 bits per heavy atom. The molecule has 1 saturated heterocycles. The molecule has 1 aliphatic rings. The average Bonchev–Trinajstić information content (AvgIpc) is 2.66. The van der Waals surface area contributed by atoms with Crippen LogP contribution in [0.5, 0.6) is 0 Å². The lowest BCUT2D eigenvalue weighted by molar-refractivity contribution is 0.560. The van der Waals surface area contributed by atoms with E-state index in [-0.39, 0.29) is 21.0 Å². The number of halogens is 3. The molecule has 0 aliphatic carbocycles. The smallest absolute Gasteiger partial charge is 0.243 e. The zero-order chi connectivity index (χ0) is 13.3. The van der Waals surface area contributed by atoms with Gasteiger partial charge in [-0.05, 0) is 25.1 Å². The molecule has 8 heteroatoms. The molecular formula is C10H11BrCl2N2O2S. The molecule has 0 amide bonds. The van der Waals surface area contributed by atoms with Gasteiger partial charge in [0.2, 0.25) is 10.0 Å². The van der Waals surface area contributed by atoms with E-state index in [0.29, 0.717) is 11.0 Å². The molecule has 1 aromatic carbocycles. The van der Waals surface area contributed by atoms with Crippen LogP contribution in [0, 0.1) is 0 Å². The normalized spacial score (nSPS) is 20.3. The molecule has 2 N–H and O–H groups in total. The fraction of sp³-hybridized carbons (Fsp3) is 0.400. The molecule has 100 valence electrons. The van der Waals surface area contributed by atoms with Gasteiger partial charge in [-0.2, -0.15) is 0 Å². The Hall–Kier alpha value is 0.150. The first kappa shape index (κ1) is 14.6. The summed E-state index contributed by atoms with van der Waals surface area (Å²) in [6, 6.07) is 2.90. The first-order valence-electron chi connectivity index (χ1n) is 5.28.